The first-order valence-electron chi connectivity index (χ1n) is 8.43. The topological polar surface area (TPSA) is 64.7 Å². The number of urea groups is 1. The summed E-state index contributed by atoms with van der Waals surface area (Å²) in [4.78, 5) is 28.5. The highest BCUT2D eigenvalue weighted by molar-refractivity contribution is 5.97. The number of amides is 3. The summed E-state index contributed by atoms with van der Waals surface area (Å²) in [6.45, 7) is 10.8. The molecule has 0 spiro atoms. The molecular formula is C18H28N4O2. The van der Waals surface area contributed by atoms with Gasteiger partial charge in [-0.1, -0.05) is 18.2 Å². The zero-order valence-corrected chi connectivity index (χ0v) is 15.0. The molecule has 6 heteroatoms. The van der Waals surface area contributed by atoms with Crippen molar-refractivity contribution in [2.75, 3.05) is 31.1 Å². The molecule has 2 rings (SSSR count). The second kappa shape index (κ2) is 7.66. The Kier molecular flexibility index (Phi) is 5.83. The average molecular weight is 332 g/mol. The standard InChI is InChI=1S/C18H28N4O2/c1-14(16(23)19-17(24)20-18(2,3)4)21-10-12-22(13-11-21)15-8-6-5-7-9-15/h5-9,14H,10-13H2,1-4H3,(H2,19,20,23,24)/t14-/m0/s1. The summed E-state index contributed by atoms with van der Waals surface area (Å²) in [5, 5.41) is 5.17. The fourth-order valence-electron chi connectivity index (χ4n) is 2.76. The molecule has 0 aromatic heterocycles. The number of carbonyl (C=O) groups excluding carboxylic acids is 2. The first-order valence-corrected chi connectivity index (χ1v) is 8.43. The fraction of sp³-hybridized carbons (Fsp3) is 0.556. The van der Waals surface area contributed by atoms with Crippen molar-refractivity contribution in [1.29, 1.82) is 0 Å². The van der Waals surface area contributed by atoms with Crippen LogP contribution in [-0.4, -0.2) is 54.6 Å². The fourth-order valence-corrected chi connectivity index (χ4v) is 2.76. The third kappa shape index (κ3) is 5.23. The summed E-state index contributed by atoms with van der Waals surface area (Å²) in [6.07, 6.45) is 0. The van der Waals surface area contributed by atoms with E-state index in [4.69, 9.17) is 0 Å². The molecule has 0 radical (unpaired) electrons. The molecule has 1 aliphatic rings. The van der Waals surface area contributed by atoms with E-state index in [0.717, 1.165) is 26.2 Å². The van der Waals surface area contributed by atoms with Crippen LogP contribution in [0.4, 0.5) is 10.5 Å². The molecule has 3 amide bonds. The van der Waals surface area contributed by atoms with Gasteiger partial charge in [0.15, 0.2) is 0 Å². The van der Waals surface area contributed by atoms with E-state index in [1.807, 2.05) is 45.9 Å². The van der Waals surface area contributed by atoms with Gasteiger partial charge < -0.3 is 10.2 Å². The van der Waals surface area contributed by atoms with Crippen LogP contribution in [-0.2, 0) is 4.79 Å². The van der Waals surface area contributed by atoms with Gasteiger partial charge in [-0.3, -0.25) is 15.0 Å². The lowest BCUT2D eigenvalue weighted by molar-refractivity contribution is -0.124. The van der Waals surface area contributed by atoms with Crippen molar-refractivity contribution in [2.45, 2.75) is 39.3 Å². The van der Waals surface area contributed by atoms with Gasteiger partial charge in [0.05, 0.1) is 6.04 Å². The summed E-state index contributed by atoms with van der Waals surface area (Å²) in [7, 11) is 0. The van der Waals surface area contributed by atoms with Gasteiger partial charge >= 0.3 is 6.03 Å². The maximum atomic E-state index is 12.3. The first kappa shape index (κ1) is 18.3. The third-order valence-corrected chi connectivity index (χ3v) is 4.09. The van der Waals surface area contributed by atoms with Crippen LogP contribution in [0.3, 0.4) is 0 Å². The van der Waals surface area contributed by atoms with E-state index in [9.17, 15) is 9.59 Å². The van der Waals surface area contributed by atoms with Crippen LogP contribution in [0, 0.1) is 0 Å². The van der Waals surface area contributed by atoms with Gasteiger partial charge in [-0.25, -0.2) is 4.79 Å². The van der Waals surface area contributed by atoms with Gasteiger partial charge in [0, 0.05) is 37.4 Å². The molecule has 0 aliphatic carbocycles. The van der Waals surface area contributed by atoms with Crippen molar-refractivity contribution in [1.82, 2.24) is 15.5 Å². The van der Waals surface area contributed by atoms with Crippen LogP contribution >= 0.6 is 0 Å². The minimum atomic E-state index is -0.442. The number of anilines is 1. The Hall–Kier alpha value is -2.08. The monoisotopic (exact) mass is 332 g/mol. The van der Waals surface area contributed by atoms with Crippen LogP contribution in [0.5, 0.6) is 0 Å². The zero-order valence-electron chi connectivity index (χ0n) is 15.0. The third-order valence-electron chi connectivity index (χ3n) is 4.09. The summed E-state index contributed by atoms with van der Waals surface area (Å²) >= 11 is 0. The Morgan fingerprint density at radius 2 is 1.62 bits per heavy atom. The molecule has 1 aliphatic heterocycles. The number of rotatable bonds is 3. The molecule has 0 unspecified atom stereocenters. The van der Waals surface area contributed by atoms with E-state index in [1.165, 1.54) is 5.69 Å². The Morgan fingerprint density at radius 3 is 2.17 bits per heavy atom. The average Bonchev–Trinajstić information content (AvgIpc) is 2.53. The zero-order chi connectivity index (χ0) is 17.7. The molecule has 0 bridgehead atoms. The van der Waals surface area contributed by atoms with Crippen molar-refractivity contribution in [3.8, 4) is 0 Å². The molecule has 1 aromatic rings. The molecule has 2 N–H and O–H groups in total. The summed E-state index contributed by atoms with van der Waals surface area (Å²) in [5.41, 5.74) is 0.841. The van der Waals surface area contributed by atoms with E-state index >= 15 is 0 Å². The Balaban J connectivity index is 1.82. The van der Waals surface area contributed by atoms with Crippen LogP contribution in [0.1, 0.15) is 27.7 Å². The van der Waals surface area contributed by atoms with Crippen LogP contribution in [0.15, 0.2) is 30.3 Å². The van der Waals surface area contributed by atoms with Crippen LogP contribution < -0.4 is 15.5 Å². The van der Waals surface area contributed by atoms with E-state index in [2.05, 4.69) is 32.6 Å². The van der Waals surface area contributed by atoms with Crippen molar-refractivity contribution in [3.05, 3.63) is 30.3 Å². The van der Waals surface area contributed by atoms with Crippen LogP contribution in [0.2, 0.25) is 0 Å². The van der Waals surface area contributed by atoms with Gasteiger partial charge in [0.2, 0.25) is 5.91 Å². The number of hydrogen-bond donors (Lipinski definition) is 2. The van der Waals surface area contributed by atoms with Crippen molar-refractivity contribution in [2.24, 2.45) is 0 Å². The summed E-state index contributed by atoms with van der Waals surface area (Å²) < 4.78 is 0. The second-order valence-corrected chi connectivity index (χ2v) is 7.23. The molecular weight excluding hydrogens is 304 g/mol. The lowest BCUT2D eigenvalue weighted by atomic mass is 10.1. The number of para-hydroxylation sites is 1. The van der Waals surface area contributed by atoms with Crippen molar-refractivity contribution < 1.29 is 9.59 Å². The number of nitrogens with one attached hydrogen (secondary N) is 2. The van der Waals surface area contributed by atoms with E-state index in [1.54, 1.807) is 0 Å². The first-order chi connectivity index (χ1) is 11.3. The van der Waals surface area contributed by atoms with Gasteiger partial charge in [-0.15, -0.1) is 0 Å². The lowest BCUT2D eigenvalue weighted by Crippen LogP contribution is -2.56. The lowest BCUT2D eigenvalue weighted by Gasteiger charge is -2.38. The summed E-state index contributed by atoms with van der Waals surface area (Å²) in [5.74, 6) is -0.259. The Labute approximate surface area is 144 Å². The molecule has 132 valence electrons. The Morgan fingerprint density at radius 1 is 1.04 bits per heavy atom. The minimum absolute atomic E-state index is 0.259. The molecule has 1 fully saturated rings. The number of piperazine rings is 1. The Bertz CT molecular complexity index is 560. The smallest absolute Gasteiger partial charge is 0.321 e. The normalized spacial score (nSPS) is 17.2. The molecule has 1 aromatic carbocycles. The predicted molar refractivity (Wildman–Crippen MR) is 96.1 cm³/mol. The summed E-state index contributed by atoms with van der Waals surface area (Å²) in [6, 6.07) is 9.51. The molecule has 1 saturated heterocycles. The van der Waals surface area contributed by atoms with E-state index < -0.39 is 6.03 Å². The minimum Gasteiger partial charge on any atom is -0.369 e. The largest absolute Gasteiger partial charge is 0.369 e. The number of hydrogen-bond acceptors (Lipinski definition) is 4. The maximum Gasteiger partial charge on any atom is 0.321 e. The highest BCUT2D eigenvalue weighted by atomic mass is 16.2. The van der Waals surface area contributed by atoms with Crippen LogP contribution in [0.25, 0.3) is 0 Å². The number of benzene rings is 1. The number of imide groups is 1. The SMILES string of the molecule is C[C@@H](C(=O)NC(=O)NC(C)(C)C)N1CCN(c2ccccc2)CC1. The van der Waals surface area contributed by atoms with Gasteiger partial charge in [-0.05, 0) is 39.8 Å². The predicted octanol–water partition coefficient (Wildman–Crippen LogP) is 1.82. The molecule has 1 heterocycles. The van der Waals surface area contributed by atoms with Gasteiger partial charge in [0.25, 0.3) is 0 Å². The molecule has 6 nitrogen and oxygen atoms in total. The highest BCUT2D eigenvalue weighted by Gasteiger charge is 2.27. The highest BCUT2D eigenvalue weighted by Crippen LogP contribution is 2.16. The van der Waals surface area contributed by atoms with Crippen molar-refractivity contribution >= 4 is 17.6 Å². The second-order valence-electron chi connectivity index (χ2n) is 7.23. The van der Waals surface area contributed by atoms with Crippen molar-refractivity contribution in [3.63, 3.8) is 0 Å². The number of nitrogens with zero attached hydrogens (tertiary/aromatic N) is 2. The van der Waals surface area contributed by atoms with E-state index in [-0.39, 0.29) is 17.5 Å². The molecule has 0 saturated carbocycles. The van der Waals surface area contributed by atoms with E-state index in [0.29, 0.717) is 0 Å². The van der Waals surface area contributed by atoms with Gasteiger partial charge in [-0.2, -0.15) is 0 Å². The maximum absolute atomic E-state index is 12.3. The quantitative estimate of drug-likeness (QED) is 0.886. The number of carbonyl (C=O) groups is 2. The molecule has 24 heavy (non-hydrogen) atoms. The van der Waals surface area contributed by atoms with Gasteiger partial charge in [0.1, 0.15) is 0 Å². The molecule has 1 atom stereocenters.